The van der Waals surface area contributed by atoms with Crippen LogP contribution in [-0.4, -0.2) is 25.1 Å². The summed E-state index contributed by atoms with van der Waals surface area (Å²) < 4.78 is 78.4. The van der Waals surface area contributed by atoms with E-state index in [4.69, 9.17) is 0 Å². The van der Waals surface area contributed by atoms with E-state index >= 15 is 0 Å². The third-order valence-electron chi connectivity index (χ3n) is 0.873. The van der Waals surface area contributed by atoms with E-state index < -0.39 is 26.9 Å². The molecule has 0 aliphatic rings. The number of Topliss-reactive ketones (excluding diaryl/α,β-unsaturated/α-hetero) is 1. The van der Waals surface area contributed by atoms with Crippen LogP contribution in [0.1, 0.15) is 0 Å². The Morgan fingerprint density at radius 1 is 1.15 bits per heavy atom. The smallest absolute Gasteiger partial charge is 0.284 e. The van der Waals surface area contributed by atoms with Gasteiger partial charge in [-0.05, 0) is 0 Å². The van der Waals surface area contributed by atoms with Crippen LogP contribution in [0.25, 0.3) is 0 Å². The fraction of sp³-hybridized carbons (Fsp3) is 0.667. The Morgan fingerprint density at radius 2 is 1.46 bits per heavy atom. The van der Waals surface area contributed by atoms with Gasteiger partial charge in [-0.25, -0.2) is 0 Å². The van der Waals surface area contributed by atoms with Crippen molar-refractivity contribution in [1.82, 2.24) is 0 Å². The van der Waals surface area contributed by atoms with E-state index in [1.807, 2.05) is 0 Å². The maximum absolute atomic E-state index is 12.0. The molecule has 78 valence electrons. The first-order valence-electron chi connectivity index (χ1n) is 2.44. The monoisotopic (exact) mass is 244 g/mol. The van der Waals surface area contributed by atoms with Crippen molar-refractivity contribution in [2.75, 3.05) is 0 Å². The molecular weight excluding hydrogens is 242 g/mol. The topological polar surface area (TPSA) is 51.2 Å². The minimum Gasteiger partial charge on any atom is -0.284 e. The summed E-state index contributed by atoms with van der Waals surface area (Å²) in [5.74, 6) is -3.33. The zero-order valence-corrected chi connectivity index (χ0v) is 7.57. The number of ketones is 1. The molecule has 0 spiro atoms. The molecule has 0 aromatic rings. The van der Waals surface area contributed by atoms with Crippen LogP contribution >= 0.6 is 9.24 Å². The Bertz CT molecular complexity index is 316. The lowest BCUT2D eigenvalue weighted by Gasteiger charge is -2.14. The highest BCUT2D eigenvalue weighted by Crippen LogP contribution is 2.35. The lowest BCUT2D eigenvalue weighted by molar-refractivity contribution is -0.148. The molecule has 0 aliphatic carbocycles. The summed E-state index contributed by atoms with van der Waals surface area (Å²) in [4.78, 5) is 9.99. The Morgan fingerprint density at radius 3 is 1.54 bits per heavy atom. The van der Waals surface area contributed by atoms with Gasteiger partial charge in [0, 0.05) is 0 Å². The summed E-state index contributed by atoms with van der Waals surface area (Å²) in [6.45, 7) is 0. The molecule has 3 nitrogen and oxygen atoms in total. The first kappa shape index (κ1) is 12.7. The van der Waals surface area contributed by atoms with Gasteiger partial charge in [-0.15, -0.1) is 0 Å². The molecule has 0 saturated heterocycles. The molecule has 0 fully saturated rings. The third-order valence-corrected chi connectivity index (χ3v) is 1.93. The predicted octanol–water partition coefficient (Wildman–Crippen LogP) is 0.915. The molecule has 0 heterocycles. The first-order valence-corrected chi connectivity index (χ1v) is 4.40. The van der Waals surface area contributed by atoms with Gasteiger partial charge >= 0.3 is 21.1 Å². The molecule has 0 radical (unpaired) electrons. The van der Waals surface area contributed by atoms with E-state index in [2.05, 4.69) is 0 Å². The highest BCUT2D eigenvalue weighted by molar-refractivity contribution is 7.88. The summed E-state index contributed by atoms with van der Waals surface area (Å²) in [6, 6.07) is 0. The maximum atomic E-state index is 12.0. The Balaban J connectivity index is 5.23. The average molecular weight is 244 g/mol. The van der Waals surface area contributed by atoms with E-state index in [9.17, 15) is 34.7 Å². The summed E-state index contributed by atoms with van der Waals surface area (Å²) in [5, 5.41) is -5.72. The second-order valence-electron chi connectivity index (χ2n) is 1.91. The summed E-state index contributed by atoms with van der Waals surface area (Å²) in [7, 11) is -6.28. The van der Waals surface area contributed by atoms with Gasteiger partial charge in [-0.2, -0.15) is 26.0 Å². The zero-order valence-electron chi connectivity index (χ0n) is 5.60. The van der Waals surface area contributed by atoms with E-state index in [0.29, 0.717) is 9.24 Å². The summed E-state index contributed by atoms with van der Waals surface area (Å²) in [6.07, 6.45) is 0. The van der Waals surface area contributed by atoms with Crippen LogP contribution in [-0.2, 0) is 15.0 Å². The lowest BCUT2D eigenvalue weighted by Crippen LogP contribution is -2.43. The standard InChI is InChI=1S/C3H2F5O3PS/c4-2(5,12)1(9)3(6,7)13(8,10)11/h12H2. The molecule has 1 atom stereocenters. The van der Waals surface area contributed by atoms with Gasteiger partial charge in [0.2, 0.25) is 0 Å². The van der Waals surface area contributed by atoms with Gasteiger partial charge in [-0.3, -0.25) is 4.79 Å². The number of halogens is 5. The molecule has 10 heteroatoms. The highest BCUT2D eigenvalue weighted by Gasteiger charge is 2.61. The van der Waals surface area contributed by atoms with Crippen molar-refractivity contribution in [2.24, 2.45) is 0 Å². The fourth-order valence-electron chi connectivity index (χ4n) is 0.305. The molecule has 0 aromatic heterocycles. The van der Waals surface area contributed by atoms with Crippen LogP contribution in [0.5, 0.6) is 0 Å². The van der Waals surface area contributed by atoms with Crippen LogP contribution in [0.15, 0.2) is 0 Å². The molecule has 1 unspecified atom stereocenters. The Labute approximate surface area is 71.7 Å². The van der Waals surface area contributed by atoms with Crippen LogP contribution < -0.4 is 0 Å². The van der Waals surface area contributed by atoms with E-state index in [-0.39, 0.29) is 0 Å². The van der Waals surface area contributed by atoms with E-state index in [1.165, 1.54) is 0 Å². The molecular formula is C3H2F5O3PS. The number of rotatable bonds is 3. The van der Waals surface area contributed by atoms with Crippen LogP contribution in [0.4, 0.5) is 21.4 Å². The molecule has 0 aromatic carbocycles. The maximum Gasteiger partial charge on any atom is 0.437 e. The van der Waals surface area contributed by atoms with Gasteiger partial charge in [0.1, 0.15) is 0 Å². The van der Waals surface area contributed by atoms with Crippen molar-refractivity contribution in [3.05, 3.63) is 0 Å². The quantitative estimate of drug-likeness (QED) is 0.421. The largest absolute Gasteiger partial charge is 0.437 e. The van der Waals surface area contributed by atoms with E-state index in [1.54, 1.807) is 0 Å². The second kappa shape index (κ2) is 3.13. The van der Waals surface area contributed by atoms with Gasteiger partial charge in [0.25, 0.3) is 5.78 Å². The number of hydrogen-bond donors (Lipinski definition) is 0. The van der Waals surface area contributed by atoms with Crippen molar-refractivity contribution >= 4 is 25.2 Å². The van der Waals surface area contributed by atoms with Crippen molar-refractivity contribution in [3.8, 4) is 0 Å². The van der Waals surface area contributed by atoms with Gasteiger partial charge in [-0.1, -0.05) is 13.1 Å². The molecule has 0 saturated carbocycles. The van der Waals surface area contributed by atoms with Crippen LogP contribution in [0.2, 0.25) is 0 Å². The minimum absolute atomic E-state index is 0.382. The lowest BCUT2D eigenvalue weighted by atomic mass is 10.4. The predicted molar refractivity (Wildman–Crippen MR) is 34.6 cm³/mol. The minimum atomic E-state index is -6.66. The van der Waals surface area contributed by atoms with Crippen molar-refractivity contribution in [1.29, 1.82) is 0 Å². The number of alkyl halides is 4. The van der Waals surface area contributed by atoms with Gasteiger partial charge in [0.15, 0.2) is 0 Å². The Kier molecular flexibility index (Phi) is 3.05. The van der Waals surface area contributed by atoms with Crippen molar-refractivity contribution in [3.63, 3.8) is 0 Å². The van der Waals surface area contributed by atoms with Crippen molar-refractivity contribution < 1.29 is 34.7 Å². The Hall–Kier alpha value is -0.300. The molecule has 0 N–H and O–H groups in total. The molecule has 0 aliphatic heterocycles. The molecule has 0 bridgehead atoms. The van der Waals surface area contributed by atoms with Gasteiger partial charge in [0.05, 0.1) is 0 Å². The van der Waals surface area contributed by atoms with Crippen molar-refractivity contribution in [2.45, 2.75) is 10.9 Å². The average Bonchev–Trinajstić information content (AvgIpc) is 1.81. The third kappa shape index (κ3) is 2.57. The second-order valence-corrected chi connectivity index (χ2v) is 4.02. The SMILES string of the molecule is O=C(C(F)(F)P)C(F)(F)S(=O)(=O)F. The molecule has 0 amide bonds. The van der Waals surface area contributed by atoms with Gasteiger partial charge < -0.3 is 0 Å². The van der Waals surface area contributed by atoms with Crippen LogP contribution in [0, 0.1) is 0 Å². The molecule has 0 rings (SSSR count). The zero-order chi connectivity index (χ0) is 11.1. The fourth-order valence-corrected chi connectivity index (χ4v) is 0.948. The normalized spacial score (nSPS) is 14.3. The number of carbonyl (C=O) groups excluding carboxylic acids is 1. The number of carbonyl (C=O) groups is 1. The van der Waals surface area contributed by atoms with E-state index in [0.717, 1.165) is 0 Å². The highest BCUT2D eigenvalue weighted by atomic mass is 32.3. The summed E-state index contributed by atoms with van der Waals surface area (Å²) in [5.41, 5.74) is -4.69. The van der Waals surface area contributed by atoms with Crippen LogP contribution in [0.3, 0.4) is 0 Å². The molecule has 13 heavy (non-hydrogen) atoms. The first-order chi connectivity index (χ1) is 5.40. The number of hydrogen-bond acceptors (Lipinski definition) is 3. The summed E-state index contributed by atoms with van der Waals surface area (Å²) >= 11 is 0.